The smallest absolute Gasteiger partial charge is 0.311 e. The fraction of sp³-hybridized carbons (Fsp3) is 0.500. The van der Waals surface area contributed by atoms with E-state index in [1.54, 1.807) is 0 Å². The number of rotatable bonds is 2. The molecule has 3 heterocycles. The van der Waals surface area contributed by atoms with Gasteiger partial charge >= 0.3 is 4.87 Å². The van der Waals surface area contributed by atoms with Crippen LogP contribution in [0.25, 0.3) is 10.3 Å². The number of alkyl halides is 1. The number of hydrogen-bond donors (Lipinski definition) is 2. The lowest BCUT2D eigenvalue weighted by Crippen LogP contribution is -2.23. The molecular formula is C10H11FN4O3S. The van der Waals surface area contributed by atoms with Gasteiger partial charge in [0.2, 0.25) is 5.95 Å². The van der Waals surface area contributed by atoms with E-state index in [0.717, 1.165) is 11.3 Å². The van der Waals surface area contributed by atoms with Gasteiger partial charge < -0.3 is 15.6 Å². The Labute approximate surface area is 110 Å². The predicted octanol–water partition coefficient (Wildman–Crippen LogP) is 0.0531. The summed E-state index contributed by atoms with van der Waals surface area (Å²) < 4.78 is 20.8. The minimum atomic E-state index is -1.31. The van der Waals surface area contributed by atoms with Crippen LogP contribution in [0.4, 0.5) is 10.3 Å². The van der Waals surface area contributed by atoms with Crippen LogP contribution >= 0.6 is 11.3 Å². The Morgan fingerprint density at radius 3 is 3.16 bits per heavy atom. The lowest BCUT2D eigenvalue weighted by Gasteiger charge is -2.12. The van der Waals surface area contributed by atoms with E-state index in [2.05, 4.69) is 9.97 Å². The van der Waals surface area contributed by atoms with Crippen molar-refractivity contribution in [1.29, 1.82) is 0 Å². The van der Waals surface area contributed by atoms with Crippen molar-refractivity contribution >= 4 is 27.6 Å². The lowest BCUT2D eigenvalue weighted by atomic mass is 10.2. The third-order valence-corrected chi connectivity index (χ3v) is 3.89. The van der Waals surface area contributed by atoms with Crippen molar-refractivity contribution in [3.8, 4) is 0 Å². The van der Waals surface area contributed by atoms with E-state index in [1.165, 1.54) is 10.8 Å². The van der Waals surface area contributed by atoms with Crippen molar-refractivity contribution in [2.75, 3.05) is 12.3 Å². The summed E-state index contributed by atoms with van der Waals surface area (Å²) in [5.74, 6) is 0.0348. The largest absolute Gasteiger partial charge is 0.394 e. The maximum Gasteiger partial charge on any atom is 0.311 e. The molecule has 1 aliphatic rings. The van der Waals surface area contributed by atoms with Crippen LogP contribution in [0.3, 0.4) is 0 Å². The van der Waals surface area contributed by atoms with E-state index in [4.69, 9.17) is 15.6 Å². The Balaban J connectivity index is 2.08. The Bertz CT molecular complexity index is 672. The molecule has 1 saturated heterocycles. The number of aliphatic hydroxyl groups excluding tert-OH is 1. The molecule has 0 aromatic carbocycles. The number of ether oxygens (including phenoxy) is 1. The Hall–Kier alpha value is -1.58. The highest BCUT2D eigenvalue weighted by Crippen LogP contribution is 2.32. The molecule has 3 N–H and O–H groups in total. The number of nitrogens with two attached hydrogens (primary N) is 1. The van der Waals surface area contributed by atoms with Crippen LogP contribution in [0.5, 0.6) is 0 Å². The summed E-state index contributed by atoms with van der Waals surface area (Å²) >= 11 is 0.946. The van der Waals surface area contributed by atoms with E-state index < -0.39 is 25.1 Å². The number of hydrogen-bond acceptors (Lipinski definition) is 7. The third-order valence-electron chi connectivity index (χ3n) is 3.01. The van der Waals surface area contributed by atoms with Gasteiger partial charge in [0.15, 0.2) is 5.65 Å². The number of anilines is 1. The summed E-state index contributed by atoms with van der Waals surface area (Å²) in [5.41, 5.74) is 5.83. The normalized spacial score (nSPS) is 27.2. The Morgan fingerprint density at radius 1 is 1.68 bits per heavy atom. The van der Waals surface area contributed by atoms with E-state index in [1.807, 2.05) is 0 Å². The number of thiazole rings is 1. The molecule has 3 atom stereocenters. The van der Waals surface area contributed by atoms with Crippen molar-refractivity contribution in [3.63, 3.8) is 0 Å². The van der Waals surface area contributed by atoms with E-state index in [0.29, 0.717) is 10.3 Å². The molecular weight excluding hydrogens is 275 g/mol. The third kappa shape index (κ3) is 1.99. The van der Waals surface area contributed by atoms with Crippen LogP contribution in [-0.2, 0) is 4.74 Å². The van der Waals surface area contributed by atoms with Crippen molar-refractivity contribution in [2.24, 2.45) is 0 Å². The molecule has 7 nitrogen and oxygen atoms in total. The molecule has 0 amide bonds. The second-order valence-corrected chi connectivity index (χ2v) is 5.21. The first-order valence-electron chi connectivity index (χ1n) is 5.64. The average molecular weight is 286 g/mol. The van der Waals surface area contributed by atoms with Crippen molar-refractivity contribution in [1.82, 2.24) is 14.5 Å². The van der Waals surface area contributed by atoms with Gasteiger partial charge in [-0.2, -0.15) is 4.98 Å². The first kappa shape index (κ1) is 12.5. The number of halogens is 1. The zero-order valence-electron chi connectivity index (χ0n) is 9.69. The van der Waals surface area contributed by atoms with Crippen LogP contribution in [-0.4, -0.2) is 38.5 Å². The molecule has 3 rings (SSSR count). The fourth-order valence-corrected chi connectivity index (χ4v) is 2.95. The SMILES string of the molecule is Nc1ncc2sc(=O)n([C@H]3CC(F)[C@@H](CO)O3)c2n1. The summed E-state index contributed by atoms with van der Waals surface area (Å²) in [6, 6.07) is 0. The van der Waals surface area contributed by atoms with Crippen molar-refractivity contribution < 1.29 is 14.2 Å². The van der Waals surface area contributed by atoms with Crippen LogP contribution in [0.1, 0.15) is 12.6 Å². The van der Waals surface area contributed by atoms with Crippen LogP contribution in [0, 0.1) is 0 Å². The molecule has 0 aliphatic carbocycles. The topological polar surface area (TPSA) is 103 Å². The molecule has 1 aliphatic heterocycles. The number of nitrogen functional groups attached to an aromatic ring is 1. The summed E-state index contributed by atoms with van der Waals surface area (Å²) in [4.78, 5) is 19.4. The van der Waals surface area contributed by atoms with E-state index in [-0.39, 0.29) is 17.2 Å². The molecule has 0 radical (unpaired) electrons. The zero-order chi connectivity index (χ0) is 13.6. The average Bonchev–Trinajstić information content (AvgIpc) is 2.88. The Morgan fingerprint density at radius 2 is 2.47 bits per heavy atom. The molecule has 19 heavy (non-hydrogen) atoms. The molecule has 102 valence electrons. The first-order valence-corrected chi connectivity index (χ1v) is 6.45. The monoisotopic (exact) mass is 286 g/mol. The van der Waals surface area contributed by atoms with Gasteiger partial charge in [0.1, 0.15) is 18.5 Å². The highest BCUT2D eigenvalue weighted by Gasteiger charge is 2.37. The molecule has 9 heteroatoms. The van der Waals surface area contributed by atoms with Gasteiger partial charge in [0.25, 0.3) is 0 Å². The van der Waals surface area contributed by atoms with Crippen LogP contribution in [0.2, 0.25) is 0 Å². The van der Waals surface area contributed by atoms with Gasteiger partial charge in [-0.15, -0.1) is 0 Å². The number of nitrogens with zero attached hydrogens (tertiary/aromatic N) is 3. The summed E-state index contributed by atoms with van der Waals surface area (Å²) in [5, 5.41) is 8.98. The highest BCUT2D eigenvalue weighted by molar-refractivity contribution is 7.16. The first-order chi connectivity index (χ1) is 9.10. The number of aromatic nitrogens is 3. The molecule has 0 bridgehead atoms. The maximum atomic E-state index is 13.6. The number of fused-ring (bicyclic) bond motifs is 1. The second-order valence-electron chi connectivity index (χ2n) is 4.22. The van der Waals surface area contributed by atoms with Crippen molar-refractivity contribution in [2.45, 2.75) is 24.9 Å². The predicted molar refractivity (Wildman–Crippen MR) is 66.6 cm³/mol. The van der Waals surface area contributed by atoms with Gasteiger partial charge in [-0.1, -0.05) is 11.3 Å². The molecule has 1 fully saturated rings. The molecule has 1 unspecified atom stereocenters. The quantitative estimate of drug-likeness (QED) is 0.808. The number of aliphatic hydroxyl groups is 1. The minimum Gasteiger partial charge on any atom is -0.394 e. The van der Waals surface area contributed by atoms with Gasteiger partial charge in [0.05, 0.1) is 17.5 Å². The van der Waals surface area contributed by atoms with Gasteiger partial charge in [0, 0.05) is 6.42 Å². The second kappa shape index (κ2) is 4.51. The van der Waals surface area contributed by atoms with Crippen LogP contribution in [0.15, 0.2) is 11.0 Å². The fourth-order valence-electron chi connectivity index (χ4n) is 2.11. The van der Waals surface area contributed by atoms with E-state index >= 15 is 0 Å². The summed E-state index contributed by atoms with van der Waals surface area (Å²) in [6.07, 6.45) is -1.54. The van der Waals surface area contributed by atoms with Crippen LogP contribution < -0.4 is 10.6 Å². The standard InChI is InChI=1S/C10H11FN4O3S/c11-4-1-7(18-5(4)3-16)15-8-6(19-10(15)17)2-13-9(12)14-8/h2,4-5,7,16H,1,3H2,(H2,12,13,14)/t4?,5-,7-/m1/s1. The van der Waals surface area contributed by atoms with E-state index in [9.17, 15) is 9.18 Å². The Kier molecular flexibility index (Phi) is 2.96. The molecule has 2 aromatic heterocycles. The van der Waals surface area contributed by atoms with Crippen molar-refractivity contribution in [3.05, 3.63) is 15.9 Å². The van der Waals surface area contributed by atoms with Gasteiger partial charge in [-0.05, 0) is 0 Å². The molecule has 2 aromatic rings. The molecule has 0 spiro atoms. The molecule has 0 saturated carbocycles. The lowest BCUT2D eigenvalue weighted by molar-refractivity contribution is -0.0329. The maximum absolute atomic E-state index is 13.6. The minimum absolute atomic E-state index is 0.000867. The van der Waals surface area contributed by atoms with Gasteiger partial charge in [-0.3, -0.25) is 9.36 Å². The zero-order valence-corrected chi connectivity index (χ0v) is 10.5. The van der Waals surface area contributed by atoms with Gasteiger partial charge in [-0.25, -0.2) is 9.37 Å². The summed E-state index contributed by atoms with van der Waals surface area (Å²) in [7, 11) is 0. The summed E-state index contributed by atoms with van der Waals surface area (Å²) in [6.45, 7) is -0.425. The highest BCUT2D eigenvalue weighted by atomic mass is 32.1.